The van der Waals surface area contributed by atoms with Crippen LogP contribution < -0.4 is 10.6 Å². The number of amides is 3. The molecule has 10 heteroatoms. The van der Waals surface area contributed by atoms with E-state index in [2.05, 4.69) is 10.6 Å². The maximum atomic E-state index is 14.7. The van der Waals surface area contributed by atoms with Gasteiger partial charge < -0.3 is 15.0 Å². The van der Waals surface area contributed by atoms with Crippen LogP contribution in [-0.4, -0.2) is 36.5 Å². The van der Waals surface area contributed by atoms with Gasteiger partial charge in [0.15, 0.2) is 5.82 Å². The number of methoxy groups -OCH3 is 1. The molecule has 0 aliphatic carbocycles. The number of carbonyl (C=O) groups excluding carboxylic acids is 3. The van der Waals surface area contributed by atoms with Crippen LogP contribution in [0.25, 0.3) is 16.7 Å². The van der Waals surface area contributed by atoms with Crippen molar-refractivity contribution in [2.75, 3.05) is 24.3 Å². The molecule has 2 heterocycles. The molecule has 2 aliphatic heterocycles. The van der Waals surface area contributed by atoms with E-state index in [1.807, 2.05) is 31.2 Å². The Kier molecular flexibility index (Phi) is 8.59. The van der Waals surface area contributed by atoms with Gasteiger partial charge in [0.2, 0.25) is 11.8 Å². The van der Waals surface area contributed by atoms with Crippen molar-refractivity contribution in [1.29, 1.82) is 0 Å². The highest BCUT2D eigenvalue weighted by Gasteiger charge is 2.30. The molecule has 218 valence electrons. The first-order chi connectivity index (χ1) is 20.2. The summed E-state index contributed by atoms with van der Waals surface area (Å²) in [6.07, 6.45) is 2.77. The van der Waals surface area contributed by atoms with E-state index in [0.717, 1.165) is 28.8 Å². The summed E-state index contributed by atoms with van der Waals surface area (Å²) >= 11 is 5.90. The van der Waals surface area contributed by atoms with Gasteiger partial charge >= 0.3 is 6.09 Å². The van der Waals surface area contributed by atoms with Gasteiger partial charge in [-0.05, 0) is 66.3 Å². The van der Waals surface area contributed by atoms with Gasteiger partial charge in [-0.15, -0.1) is 0 Å². The van der Waals surface area contributed by atoms with Gasteiger partial charge in [-0.2, -0.15) is 0 Å². The molecule has 0 aromatic heterocycles. The third-order valence-electron chi connectivity index (χ3n) is 7.80. The number of benzene rings is 3. The second-order valence-electron chi connectivity index (χ2n) is 10.5. The van der Waals surface area contributed by atoms with Gasteiger partial charge in [-0.25, -0.2) is 13.6 Å². The van der Waals surface area contributed by atoms with Crippen molar-refractivity contribution in [3.63, 3.8) is 0 Å². The molecule has 7 nitrogen and oxygen atoms in total. The number of halogens is 3. The first kappa shape index (κ1) is 29.3. The van der Waals surface area contributed by atoms with Crippen LogP contribution in [0, 0.1) is 17.6 Å². The molecular weight excluding hydrogens is 564 g/mol. The third kappa shape index (κ3) is 6.01. The number of hydrogen-bond donors (Lipinski definition) is 2. The Morgan fingerprint density at radius 3 is 2.67 bits per heavy atom. The maximum Gasteiger partial charge on any atom is 0.411 e. The number of nitrogens with zero attached hydrogens (tertiary/aromatic N) is 1. The predicted octanol–water partition coefficient (Wildman–Crippen LogP) is 7.58. The Morgan fingerprint density at radius 2 is 1.90 bits per heavy atom. The predicted molar refractivity (Wildman–Crippen MR) is 158 cm³/mol. The third-order valence-corrected chi connectivity index (χ3v) is 8.09. The van der Waals surface area contributed by atoms with E-state index < -0.39 is 17.7 Å². The van der Waals surface area contributed by atoms with Crippen LogP contribution in [0.3, 0.4) is 0 Å². The molecule has 0 saturated carbocycles. The van der Waals surface area contributed by atoms with Gasteiger partial charge in [0.25, 0.3) is 0 Å². The molecular formula is C32H30ClF2N3O4. The second-order valence-corrected chi connectivity index (χ2v) is 10.9. The largest absolute Gasteiger partial charge is 0.453 e. The zero-order valence-corrected chi connectivity index (χ0v) is 23.9. The van der Waals surface area contributed by atoms with Crippen LogP contribution in [0.15, 0.2) is 60.7 Å². The van der Waals surface area contributed by atoms with Crippen molar-refractivity contribution in [3.8, 4) is 11.1 Å². The smallest absolute Gasteiger partial charge is 0.411 e. The minimum atomic E-state index is -0.876. The number of fused-ring (bicyclic) bond motifs is 4. The highest BCUT2D eigenvalue weighted by molar-refractivity contribution is 6.31. The Hall–Kier alpha value is -4.24. The molecule has 3 aromatic carbocycles. The maximum absolute atomic E-state index is 14.7. The van der Waals surface area contributed by atoms with Crippen molar-refractivity contribution in [1.82, 2.24) is 4.90 Å². The van der Waals surface area contributed by atoms with Crippen LogP contribution in [0.4, 0.5) is 25.0 Å². The molecule has 0 spiro atoms. The van der Waals surface area contributed by atoms with E-state index in [1.165, 1.54) is 13.2 Å². The minimum Gasteiger partial charge on any atom is -0.453 e. The molecule has 42 heavy (non-hydrogen) atoms. The van der Waals surface area contributed by atoms with Crippen LogP contribution in [-0.2, 0) is 14.3 Å². The quantitative estimate of drug-likeness (QED) is 0.306. The molecule has 0 fully saturated rings. The SMILES string of the molecule is COC(=O)Nc1ccc2c(c1)NC(=O)[C@H](C)CCC[C@H](N1CCC(c3c(F)ccc(Cl)c3F)=CC1=O)c1cccc-2c1. The molecule has 2 N–H and O–H groups in total. The Labute approximate surface area is 247 Å². The van der Waals surface area contributed by atoms with Crippen molar-refractivity contribution < 1.29 is 27.9 Å². The summed E-state index contributed by atoms with van der Waals surface area (Å²) in [6.45, 7) is 2.11. The van der Waals surface area contributed by atoms with E-state index in [0.29, 0.717) is 30.6 Å². The van der Waals surface area contributed by atoms with Gasteiger partial charge in [0.1, 0.15) is 5.82 Å². The van der Waals surface area contributed by atoms with Gasteiger partial charge in [-0.1, -0.05) is 49.2 Å². The minimum absolute atomic E-state index is 0.160. The average Bonchev–Trinajstić information content (AvgIpc) is 2.97. The van der Waals surface area contributed by atoms with Gasteiger partial charge in [0, 0.05) is 29.8 Å². The standard InChI is InChI=1S/C32H30ClF2N3O4/c1-18-5-3-8-27(38-14-13-21(16-28(38)39)29-25(34)12-11-24(33)30(29)35)20-7-4-6-19(15-20)23-10-9-22(36-32(41)42-2)17-26(23)37-31(18)40/h4,6-7,9-12,15-18,27H,3,5,8,13-14H2,1-2H3,(H,36,41)(H,37,40)/t18-,27+/m1/s1. The van der Waals surface area contributed by atoms with Crippen LogP contribution in [0.5, 0.6) is 0 Å². The first-order valence-electron chi connectivity index (χ1n) is 13.7. The molecule has 3 amide bonds. The summed E-state index contributed by atoms with van der Waals surface area (Å²) in [7, 11) is 1.27. The van der Waals surface area contributed by atoms with Crippen LogP contribution in [0.2, 0.25) is 5.02 Å². The summed E-state index contributed by atoms with van der Waals surface area (Å²) < 4.78 is 34.0. The topological polar surface area (TPSA) is 87.7 Å². The number of carbonyl (C=O) groups is 3. The second kappa shape index (κ2) is 12.3. The number of anilines is 2. The molecule has 0 radical (unpaired) electrons. The van der Waals surface area contributed by atoms with Crippen molar-refractivity contribution in [2.24, 2.45) is 5.92 Å². The lowest BCUT2D eigenvalue weighted by Gasteiger charge is -2.35. The normalized spacial score (nSPS) is 19.1. The lowest BCUT2D eigenvalue weighted by molar-refractivity contribution is -0.129. The lowest BCUT2D eigenvalue weighted by Crippen LogP contribution is -2.37. The van der Waals surface area contributed by atoms with E-state index >= 15 is 0 Å². The number of rotatable bonds is 3. The lowest BCUT2D eigenvalue weighted by atomic mass is 9.90. The highest BCUT2D eigenvalue weighted by atomic mass is 35.5. The van der Waals surface area contributed by atoms with Crippen molar-refractivity contribution in [3.05, 3.63) is 88.5 Å². The van der Waals surface area contributed by atoms with Crippen LogP contribution >= 0.6 is 11.6 Å². The average molecular weight is 594 g/mol. The molecule has 0 unspecified atom stereocenters. The van der Waals surface area contributed by atoms with E-state index in [-0.39, 0.29) is 52.9 Å². The summed E-state index contributed by atoms with van der Waals surface area (Å²) in [5, 5.41) is 5.43. The first-order valence-corrected chi connectivity index (χ1v) is 14.1. The van der Waals surface area contributed by atoms with E-state index in [9.17, 15) is 23.2 Å². The van der Waals surface area contributed by atoms with Crippen LogP contribution in [0.1, 0.15) is 49.8 Å². The Balaban J connectivity index is 1.52. The Bertz CT molecular complexity index is 1590. The van der Waals surface area contributed by atoms with E-state index in [1.54, 1.807) is 23.1 Å². The summed E-state index contributed by atoms with van der Waals surface area (Å²) in [6, 6.07) is 14.9. The zero-order valence-electron chi connectivity index (χ0n) is 23.2. The fraction of sp³-hybridized carbons (Fsp3) is 0.281. The van der Waals surface area contributed by atoms with Crippen molar-refractivity contribution in [2.45, 2.75) is 38.6 Å². The summed E-state index contributed by atoms with van der Waals surface area (Å²) in [4.78, 5) is 40.1. The molecule has 2 bridgehead atoms. The molecule has 3 aromatic rings. The van der Waals surface area contributed by atoms with Gasteiger partial charge in [0.05, 0.1) is 29.4 Å². The van der Waals surface area contributed by atoms with E-state index in [4.69, 9.17) is 16.3 Å². The summed E-state index contributed by atoms with van der Waals surface area (Å²) in [5.41, 5.74) is 3.45. The highest BCUT2D eigenvalue weighted by Crippen LogP contribution is 2.38. The molecule has 0 saturated heterocycles. The van der Waals surface area contributed by atoms with Gasteiger partial charge in [-0.3, -0.25) is 14.9 Å². The summed E-state index contributed by atoms with van der Waals surface area (Å²) in [5.74, 6) is -2.46. The molecule has 2 aliphatic rings. The molecule has 5 rings (SSSR count). The monoisotopic (exact) mass is 593 g/mol. The number of hydrogen-bond acceptors (Lipinski definition) is 4. The number of nitrogens with one attached hydrogen (secondary N) is 2. The zero-order chi connectivity index (χ0) is 30.0. The Morgan fingerprint density at radius 1 is 1.10 bits per heavy atom. The van der Waals surface area contributed by atoms with Crippen molar-refractivity contribution >= 4 is 46.5 Å². The molecule has 2 atom stereocenters. The fourth-order valence-electron chi connectivity index (χ4n) is 5.55. The fourth-order valence-corrected chi connectivity index (χ4v) is 5.71. The number of ether oxygens (including phenoxy) is 1.